The molecule has 0 aliphatic rings. The molecule has 0 aliphatic carbocycles. The molecule has 3 rings (SSSR count). The fourth-order valence-corrected chi connectivity index (χ4v) is 1.12. The van der Waals surface area contributed by atoms with Crippen molar-refractivity contribution in [1.82, 2.24) is 30.8 Å². The zero-order valence-electron chi connectivity index (χ0n) is 14.8. The summed E-state index contributed by atoms with van der Waals surface area (Å²) in [5.74, 6) is -2.25. The third-order valence-corrected chi connectivity index (χ3v) is 2.02. The topological polar surface area (TPSA) is 290 Å². The van der Waals surface area contributed by atoms with Gasteiger partial charge in [-0.3, -0.25) is 0 Å². The molecule has 2 heterocycles. The molecule has 31 heavy (non-hydrogen) atoms. The van der Waals surface area contributed by atoms with Gasteiger partial charge < -0.3 is 40.9 Å². The van der Waals surface area contributed by atoms with Gasteiger partial charge in [-0.15, -0.1) is 0 Å². The number of hydrogen-bond donors (Lipinski definition) is 4. The monoisotopic (exact) mass is 487 g/mol. The molecule has 2 aromatic heterocycles. The molecular formula is C12H12CoN8O10. The van der Waals surface area contributed by atoms with Crippen molar-refractivity contribution in [2.45, 2.75) is 0 Å². The van der Waals surface area contributed by atoms with Crippen LogP contribution in [0.5, 0.6) is 0 Å². The molecular weight excluding hydrogens is 475 g/mol. The normalized spacial score (nSPS) is 7.74. The van der Waals surface area contributed by atoms with Crippen molar-refractivity contribution >= 4 is 11.9 Å². The van der Waals surface area contributed by atoms with Crippen molar-refractivity contribution in [1.29, 1.82) is 0 Å². The maximum Gasteiger partial charge on any atom is 2.00 e. The Morgan fingerprint density at radius 2 is 1.00 bits per heavy atom. The molecule has 0 fully saturated rings. The van der Waals surface area contributed by atoms with Gasteiger partial charge in [-0.1, -0.05) is 6.07 Å². The van der Waals surface area contributed by atoms with E-state index in [0.717, 1.165) is 6.07 Å². The van der Waals surface area contributed by atoms with Crippen LogP contribution in [0.1, 0.15) is 20.7 Å². The Balaban J connectivity index is -0.000000347. The van der Waals surface area contributed by atoms with Crippen LogP contribution in [0.15, 0.2) is 49.1 Å². The summed E-state index contributed by atoms with van der Waals surface area (Å²) in [4.78, 5) is 37.3. The summed E-state index contributed by atoms with van der Waals surface area (Å²) in [6, 6.07) is 5.20. The van der Waals surface area contributed by atoms with Gasteiger partial charge in [-0.25, -0.2) is 9.59 Å². The average molecular weight is 487 g/mol. The number of hydrogen-bond acceptors (Lipinski definition) is 12. The summed E-state index contributed by atoms with van der Waals surface area (Å²) in [5, 5.41) is 65.2. The second kappa shape index (κ2) is 20.1. The second-order valence-corrected chi connectivity index (χ2v) is 3.95. The Hall–Kier alpha value is -4.65. The number of carboxylic acid groups (broad SMARTS) is 2. The van der Waals surface area contributed by atoms with Gasteiger partial charge in [0.1, 0.15) is 0 Å². The first-order chi connectivity index (χ1) is 14.1. The van der Waals surface area contributed by atoms with Crippen LogP contribution in [0.2, 0.25) is 0 Å². The third-order valence-electron chi connectivity index (χ3n) is 2.02. The third kappa shape index (κ3) is 25.3. The number of benzene rings is 1. The van der Waals surface area contributed by atoms with Gasteiger partial charge in [-0.2, -0.15) is 30.8 Å². The zero-order chi connectivity index (χ0) is 23.4. The van der Waals surface area contributed by atoms with E-state index in [0.29, 0.717) is 0 Å². The van der Waals surface area contributed by atoms with Crippen molar-refractivity contribution in [3.05, 3.63) is 90.8 Å². The predicted molar refractivity (Wildman–Crippen MR) is 93.8 cm³/mol. The van der Waals surface area contributed by atoms with E-state index in [2.05, 4.69) is 30.8 Å². The van der Waals surface area contributed by atoms with Crippen LogP contribution in [0.3, 0.4) is 0 Å². The summed E-state index contributed by atoms with van der Waals surface area (Å²) in [6.07, 6.45) is 6.33. The number of H-pyrrole nitrogens is 2. The Bertz CT molecular complexity index is 752. The molecule has 4 N–H and O–H groups in total. The Kier molecular flexibility index (Phi) is 20.1. The molecule has 0 unspecified atom stereocenters. The van der Waals surface area contributed by atoms with E-state index < -0.39 is 22.1 Å². The predicted octanol–water partition coefficient (Wildman–Crippen LogP) is 0.212. The van der Waals surface area contributed by atoms with Crippen molar-refractivity contribution in [3.63, 3.8) is 0 Å². The van der Waals surface area contributed by atoms with Crippen LogP contribution >= 0.6 is 0 Å². The number of rotatable bonds is 2. The van der Waals surface area contributed by atoms with Crippen LogP contribution < -0.4 is 0 Å². The van der Waals surface area contributed by atoms with E-state index in [4.69, 9.17) is 40.9 Å². The van der Waals surface area contributed by atoms with Crippen LogP contribution in [-0.2, 0) is 16.8 Å². The fraction of sp³-hybridized carbons (Fsp3) is 0. The number of aromatic nitrogens is 6. The fourth-order valence-electron chi connectivity index (χ4n) is 1.12. The molecule has 1 radical (unpaired) electrons. The van der Waals surface area contributed by atoms with E-state index in [1.54, 1.807) is 24.8 Å². The first-order valence-corrected chi connectivity index (χ1v) is 6.87. The van der Waals surface area contributed by atoms with Crippen LogP contribution in [0, 0.1) is 30.6 Å². The minimum atomic E-state index is -1.75. The van der Waals surface area contributed by atoms with Crippen molar-refractivity contribution in [3.8, 4) is 0 Å². The molecule has 0 saturated heterocycles. The Morgan fingerprint density at radius 3 is 1.16 bits per heavy atom. The summed E-state index contributed by atoms with van der Waals surface area (Å²) in [6.45, 7) is 0. The number of nitrogens with one attached hydrogen (secondary N) is 2. The first-order valence-electron chi connectivity index (χ1n) is 6.87. The van der Waals surface area contributed by atoms with E-state index in [1.807, 2.05) is 0 Å². The maximum absolute atomic E-state index is 10.4. The number of aromatic carboxylic acids is 2. The number of aromatic amines is 2. The van der Waals surface area contributed by atoms with Gasteiger partial charge in [0, 0.05) is 0 Å². The Labute approximate surface area is 181 Å². The van der Waals surface area contributed by atoms with Crippen LogP contribution in [0.4, 0.5) is 0 Å². The smallest absolute Gasteiger partial charge is 0.478 e. The van der Waals surface area contributed by atoms with E-state index in [1.165, 1.54) is 18.2 Å². The average Bonchev–Trinajstić information content (AvgIpc) is 3.39. The standard InChI is InChI=1S/C8H6O4.2C2H3N3.Co.2NO3/c9-7(10)5-2-1-3-6(4-5)8(11)12;2*1-2-4-5-3-1;;2*2-1(3)4/h1-4H,(H,9,10)(H,11,12);2*1-2H,(H,3,4,5);;;/q;;;+2;2*-1. The molecule has 169 valence electrons. The Morgan fingerprint density at radius 1 is 0.742 bits per heavy atom. The van der Waals surface area contributed by atoms with Gasteiger partial charge in [0.05, 0.1) is 46.1 Å². The molecule has 0 aliphatic heterocycles. The number of carbonyl (C=O) groups is 2. The second-order valence-electron chi connectivity index (χ2n) is 3.95. The van der Waals surface area contributed by atoms with Gasteiger partial charge in [-0.05, 0) is 18.2 Å². The van der Waals surface area contributed by atoms with Crippen molar-refractivity contribution in [2.75, 3.05) is 0 Å². The minimum absolute atomic E-state index is 0. The van der Waals surface area contributed by atoms with Gasteiger partial charge in [0.15, 0.2) is 0 Å². The molecule has 18 nitrogen and oxygen atoms in total. The molecule has 0 spiro atoms. The van der Waals surface area contributed by atoms with Gasteiger partial charge in [0.25, 0.3) is 0 Å². The summed E-state index contributed by atoms with van der Waals surface area (Å²) in [7, 11) is 0. The van der Waals surface area contributed by atoms with Crippen molar-refractivity contribution < 1.29 is 46.8 Å². The SMILES string of the molecule is O=C(O)c1cccc(C(=O)O)c1.O=[N+]([O-])[O-].O=[N+]([O-])[O-].[Co+2].c1cn[nH]n1.c1cn[nH]n1. The molecule has 0 atom stereocenters. The van der Waals surface area contributed by atoms with Crippen LogP contribution in [0.25, 0.3) is 0 Å². The zero-order valence-corrected chi connectivity index (χ0v) is 15.8. The molecule has 0 bridgehead atoms. The summed E-state index contributed by atoms with van der Waals surface area (Å²) >= 11 is 0. The molecule has 3 aromatic rings. The first kappa shape index (κ1) is 31.1. The van der Waals surface area contributed by atoms with Crippen molar-refractivity contribution in [2.24, 2.45) is 0 Å². The quantitative estimate of drug-likeness (QED) is 0.277. The summed E-state index contributed by atoms with van der Waals surface area (Å²) in [5.41, 5.74) is -0.0372. The van der Waals surface area contributed by atoms with Gasteiger partial charge >= 0.3 is 28.7 Å². The number of carboxylic acids is 2. The molecule has 0 saturated carbocycles. The number of nitrogens with zero attached hydrogens (tertiary/aromatic N) is 6. The van der Waals surface area contributed by atoms with E-state index in [9.17, 15) is 9.59 Å². The molecule has 0 amide bonds. The summed E-state index contributed by atoms with van der Waals surface area (Å²) < 4.78 is 0. The van der Waals surface area contributed by atoms with Crippen LogP contribution in [-0.4, -0.2) is 63.1 Å². The van der Waals surface area contributed by atoms with E-state index >= 15 is 0 Å². The molecule has 1 aromatic carbocycles. The minimum Gasteiger partial charge on any atom is -0.478 e. The van der Waals surface area contributed by atoms with Gasteiger partial charge in [0.2, 0.25) is 0 Å². The van der Waals surface area contributed by atoms with E-state index in [-0.39, 0.29) is 27.9 Å². The maximum atomic E-state index is 10.4. The molecule has 19 heteroatoms. The largest absolute Gasteiger partial charge is 2.00 e.